The van der Waals surface area contributed by atoms with Crippen molar-refractivity contribution in [2.75, 3.05) is 6.54 Å². The zero-order valence-corrected chi connectivity index (χ0v) is 11.8. The van der Waals surface area contributed by atoms with Crippen LogP contribution in [0.5, 0.6) is 0 Å². The quantitative estimate of drug-likeness (QED) is 0.874. The summed E-state index contributed by atoms with van der Waals surface area (Å²) in [6.45, 7) is 5.66. The van der Waals surface area contributed by atoms with Crippen LogP contribution >= 0.6 is 0 Å². The molecule has 2 heteroatoms. The van der Waals surface area contributed by atoms with Crippen LogP contribution in [0.3, 0.4) is 0 Å². The number of pyridine rings is 1. The highest BCUT2D eigenvalue weighted by Crippen LogP contribution is 2.47. The molecule has 1 heterocycles. The number of fused-ring (bicyclic) bond motifs is 1. The lowest BCUT2D eigenvalue weighted by Crippen LogP contribution is -2.24. The summed E-state index contributed by atoms with van der Waals surface area (Å²) >= 11 is 0. The lowest BCUT2D eigenvalue weighted by molar-refractivity contribution is 0.464. The monoisotopic (exact) mass is 254 g/mol. The molecule has 1 fully saturated rings. The fourth-order valence-corrected chi connectivity index (χ4v) is 2.99. The molecule has 0 spiro atoms. The average Bonchev–Trinajstić information content (AvgIpc) is 3.16. The molecule has 0 amide bonds. The van der Waals surface area contributed by atoms with Gasteiger partial charge in [0.1, 0.15) is 0 Å². The summed E-state index contributed by atoms with van der Waals surface area (Å²) in [6.07, 6.45) is 6.53. The van der Waals surface area contributed by atoms with Gasteiger partial charge in [0, 0.05) is 23.8 Å². The molecule has 2 aromatic rings. The Hall–Kier alpha value is -1.41. The van der Waals surface area contributed by atoms with E-state index in [1.54, 1.807) is 0 Å². The summed E-state index contributed by atoms with van der Waals surface area (Å²) in [6, 6.07) is 9.05. The first-order valence-corrected chi connectivity index (χ1v) is 7.37. The fourth-order valence-electron chi connectivity index (χ4n) is 2.99. The lowest BCUT2D eigenvalue weighted by Gasteiger charge is -2.20. The number of rotatable bonds is 5. The van der Waals surface area contributed by atoms with E-state index in [9.17, 15) is 0 Å². The molecule has 1 saturated carbocycles. The van der Waals surface area contributed by atoms with Gasteiger partial charge in [-0.25, -0.2) is 0 Å². The first kappa shape index (κ1) is 12.6. The first-order valence-electron chi connectivity index (χ1n) is 7.37. The van der Waals surface area contributed by atoms with Gasteiger partial charge < -0.3 is 5.32 Å². The number of nitrogens with one attached hydrogen (secondary N) is 1. The number of aromatic nitrogens is 1. The highest BCUT2D eigenvalue weighted by molar-refractivity contribution is 5.85. The minimum absolute atomic E-state index is 0.466. The Kier molecular flexibility index (Phi) is 3.52. The molecular weight excluding hydrogens is 232 g/mol. The van der Waals surface area contributed by atoms with Gasteiger partial charge in [-0.05, 0) is 42.2 Å². The summed E-state index contributed by atoms with van der Waals surface area (Å²) < 4.78 is 0. The second-order valence-electron chi connectivity index (χ2n) is 5.76. The fraction of sp³-hybridized carbons (Fsp3) is 0.471. The molecule has 1 aliphatic rings. The maximum Gasteiger partial charge on any atom is 0.0372 e. The standard InChI is InChI=1S/C17H22N2/c1-3-8-19-17(15-9-12(15)2)16-11-18-10-13-6-4-5-7-14(13)16/h4-7,10-12,15,17,19H,3,8-9H2,1-2H3. The zero-order chi connectivity index (χ0) is 13.2. The van der Waals surface area contributed by atoms with E-state index in [1.807, 2.05) is 6.20 Å². The Morgan fingerprint density at radius 1 is 1.32 bits per heavy atom. The van der Waals surface area contributed by atoms with Crippen molar-refractivity contribution >= 4 is 10.8 Å². The van der Waals surface area contributed by atoms with Crippen molar-refractivity contribution in [1.82, 2.24) is 10.3 Å². The smallest absolute Gasteiger partial charge is 0.0372 e. The maximum absolute atomic E-state index is 4.44. The molecule has 3 unspecified atom stereocenters. The molecule has 3 rings (SSSR count). The highest BCUT2D eigenvalue weighted by atomic mass is 14.9. The summed E-state index contributed by atoms with van der Waals surface area (Å²) in [4.78, 5) is 4.44. The molecule has 0 aliphatic heterocycles. The van der Waals surface area contributed by atoms with E-state index in [-0.39, 0.29) is 0 Å². The maximum atomic E-state index is 4.44. The van der Waals surface area contributed by atoms with E-state index >= 15 is 0 Å². The predicted octanol–water partition coefficient (Wildman–Crippen LogP) is 3.93. The summed E-state index contributed by atoms with van der Waals surface area (Å²) in [7, 11) is 0. The number of nitrogens with zero attached hydrogens (tertiary/aromatic N) is 1. The van der Waals surface area contributed by atoms with E-state index in [1.165, 1.54) is 29.2 Å². The van der Waals surface area contributed by atoms with Crippen LogP contribution in [0.25, 0.3) is 10.8 Å². The van der Waals surface area contributed by atoms with Gasteiger partial charge in [-0.1, -0.05) is 38.1 Å². The van der Waals surface area contributed by atoms with Gasteiger partial charge in [-0.3, -0.25) is 4.98 Å². The SMILES string of the molecule is CCCNC(c1cncc2ccccc12)C1CC1C. The number of benzene rings is 1. The average molecular weight is 254 g/mol. The Bertz CT molecular complexity index is 559. The van der Waals surface area contributed by atoms with Crippen molar-refractivity contribution in [3.8, 4) is 0 Å². The third kappa shape index (κ3) is 2.50. The van der Waals surface area contributed by atoms with Gasteiger partial charge in [0.05, 0.1) is 0 Å². The van der Waals surface area contributed by atoms with Crippen molar-refractivity contribution in [1.29, 1.82) is 0 Å². The number of hydrogen-bond donors (Lipinski definition) is 1. The van der Waals surface area contributed by atoms with Crippen molar-refractivity contribution < 1.29 is 0 Å². The molecule has 2 nitrogen and oxygen atoms in total. The van der Waals surface area contributed by atoms with E-state index in [4.69, 9.17) is 0 Å². The molecule has 1 aromatic heterocycles. The van der Waals surface area contributed by atoms with Gasteiger partial charge >= 0.3 is 0 Å². The minimum Gasteiger partial charge on any atom is -0.310 e. The molecular formula is C17H22N2. The van der Waals surface area contributed by atoms with E-state index in [0.29, 0.717) is 6.04 Å². The third-order valence-electron chi connectivity index (χ3n) is 4.25. The number of hydrogen-bond acceptors (Lipinski definition) is 2. The first-order chi connectivity index (χ1) is 9.31. The molecule has 3 atom stereocenters. The Morgan fingerprint density at radius 3 is 2.84 bits per heavy atom. The lowest BCUT2D eigenvalue weighted by atomic mass is 9.97. The molecule has 1 aromatic carbocycles. The Balaban J connectivity index is 1.99. The molecule has 1 N–H and O–H groups in total. The van der Waals surface area contributed by atoms with E-state index < -0.39 is 0 Å². The van der Waals surface area contributed by atoms with Crippen LogP contribution < -0.4 is 5.32 Å². The van der Waals surface area contributed by atoms with Gasteiger partial charge in [0.25, 0.3) is 0 Å². The molecule has 0 radical (unpaired) electrons. The van der Waals surface area contributed by atoms with Crippen molar-refractivity contribution in [2.24, 2.45) is 11.8 Å². The third-order valence-corrected chi connectivity index (χ3v) is 4.25. The van der Waals surface area contributed by atoms with E-state index in [0.717, 1.165) is 18.4 Å². The minimum atomic E-state index is 0.466. The Morgan fingerprint density at radius 2 is 2.11 bits per heavy atom. The molecule has 0 saturated heterocycles. The van der Waals surface area contributed by atoms with Gasteiger partial charge in [0.2, 0.25) is 0 Å². The zero-order valence-electron chi connectivity index (χ0n) is 11.8. The van der Waals surface area contributed by atoms with Gasteiger partial charge in [-0.2, -0.15) is 0 Å². The summed E-state index contributed by atoms with van der Waals surface area (Å²) in [5.41, 5.74) is 1.38. The topological polar surface area (TPSA) is 24.9 Å². The van der Waals surface area contributed by atoms with E-state index in [2.05, 4.69) is 54.6 Å². The van der Waals surface area contributed by atoms with Crippen LogP contribution in [0.4, 0.5) is 0 Å². The van der Waals surface area contributed by atoms with Crippen molar-refractivity contribution in [2.45, 2.75) is 32.7 Å². The van der Waals surface area contributed by atoms with Crippen LogP contribution in [-0.4, -0.2) is 11.5 Å². The summed E-state index contributed by atoms with van der Waals surface area (Å²) in [5, 5.41) is 6.33. The van der Waals surface area contributed by atoms with Crippen LogP contribution in [-0.2, 0) is 0 Å². The summed E-state index contributed by atoms with van der Waals surface area (Å²) in [5.74, 6) is 1.62. The molecule has 0 bridgehead atoms. The van der Waals surface area contributed by atoms with Crippen LogP contribution in [0.15, 0.2) is 36.7 Å². The van der Waals surface area contributed by atoms with Crippen LogP contribution in [0, 0.1) is 11.8 Å². The highest BCUT2D eigenvalue weighted by Gasteiger charge is 2.40. The van der Waals surface area contributed by atoms with Crippen LogP contribution in [0.2, 0.25) is 0 Å². The molecule has 100 valence electrons. The van der Waals surface area contributed by atoms with Crippen molar-refractivity contribution in [3.63, 3.8) is 0 Å². The second-order valence-corrected chi connectivity index (χ2v) is 5.76. The van der Waals surface area contributed by atoms with Crippen molar-refractivity contribution in [3.05, 3.63) is 42.2 Å². The molecule has 19 heavy (non-hydrogen) atoms. The van der Waals surface area contributed by atoms with Gasteiger partial charge in [-0.15, -0.1) is 0 Å². The van der Waals surface area contributed by atoms with Gasteiger partial charge in [0.15, 0.2) is 0 Å². The largest absolute Gasteiger partial charge is 0.310 e. The molecule has 1 aliphatic carbocycles. The predicted molar refractivity (Wildman–Crippen MR) is 80.0 cm³/mol. The van der Waals surface area contributed by atoms with Crippen LogP contribution in [0.1, 0.15) is 38.3 Å². The normalized spacial score (nSPS) is 23.5. The Labute approximate surface area is 115 Å². The second kappa shape index (κ2) is 5.30.